The van der Waals surface area contributed by atoms with Gasteiger partial charge in [0.1, 0.15) is 0 Å². The van der Waals surface area contributed by atoms with E-state index in [1.807, 2.05) is 19.2 Å². The highest BCUT2D eigenvalue weighted by Crippen LogP contribution is 2.13. The highest BCUT2D eigenvalue weighted by molar-refractivity contribution is 5.90. The number of nitrogens with zero attached hydrogens (tertiary/aromatic N) is 1. The van der Waals surface area contributed by atoms with Crippen molar-refractivity contribution in [3.63, 3.8) is 0 Å². The fourth-order valence-corrected chi connectivity index (χ4v) is 1.91. The highest BCUT2D eigenvalue weighted by Gasteiger charge is 2.04. The third kappa shape index (κ3) is 8.94. The van der Waals surface area contributed by atoms with Gasteiger partial charge in [-0.3, -0.25) is 9.69 Å². The van der Waals surface area contributed by atoms with Crippen LogP contribution in [0.4, 0.5) is 5.69 Å². The molecule has 0 unspecified atom stereocenters. The Labute approximate surface area is 140 Å². The van der Waals surface area contributed by atoms with Crippen molar-refractivity contribution < 1.29 is 4.79 Å². The summed E-state index contributed by atoms with van der Waals surface area (Å²) in [5.74, 6) is 0.0503. The molecule has 0 radical (unpaired) electrons. The molecule has 0 aliphatic rings. The van der Waals surface area contributed by atoms with Crippen molar-refractivity contribution in [1.29, 1.82) is 0 Å². The van der Waals surface area contributed by atoms with Crippen LogP contribution in [0.25, 0.3) is 0 Å². The number of halogens is 2. The molecule has 0 fully saturated rings. The summed E-state index contributed by atoms with van der Waals surface area (Å²) in [6.07, 6.45) is 0.497. The predicted octanol–water partition coefficient (Wildman–Crippen LogP) is 2.92. The van der Waals surface area contributed by atoms with Gasteiger partial charge in [0, 0.05) is 25.2 Å². The second-order valence-corrected chi connectivity index (χ2v) is 4.56. The molecule has 0 atom stereocenters. The molecule has 122 valence electrons. The number of carbonyl (C=O) groups is 1. The molecule has 1 aromatic carbocycles. The Balaban J connectivity index is 0. The number of nitrogens with one attached hydrogen (secondary N) is 2. The molecule has 4 nitrogen and oxygen atoms in total. The van der Waals surface area contributed by atoms with E-state index in [1.54, 1.807) is 0 Å². The van der Waals surface area contributed by atoms with Crippen LogP contribution in [0.15, 0.2) is 24.3 Å². The van der Waals surface area contributed by atoms with Crippen LogP contribution in [0, 0.1) is 0 Å². The third-order valence-electron chi connectivity index (χ3n) is 3.11. The summed E-state index contributed by atoms with van der Waals surface area (Å²) >= 11 is 0. The molecule has 21 heavy (non-hydrogen) atoms. The summed E-state index contributed by atoms with van der Waals surface area (Å²) < 4.78 is 0. The molecule has 1 rings (SSSR count). The summed E-state index contributed by atoms with van der Waals surface area (Å²) in [7, 11) is 1.85. The van der Waals surface area contributed by atoms with E-state index in [0.29, 0.717) is 13.0 Å². The minimum Gasteiger partial charge on any atom is -0.326 e. The van der Waals surface area contributed by atoms with Crippen LogP contribution in [0.5, 0.6) is 0 Å². The van der Waals surface area contributed by atoms with Gasteiger partial charge in [-0.15, -0.1) is 24.8 Å². The average molecular weight is 336 g/mol. The second kappa shape index (κ2) is 12.9. The highest BCUT2D eigenvalue weighted by atomic mass is 35.5. The van der Waals surface area contributed by atoms with Crippen molar-refractivity contribution in [1.82, 2.24) is 10.2 Å². The Hall–Kier alpha value is -0.810. The Morgan fingerprint density at radius 2 is 1.86 bits per heavy atom. The number of carbonyl (C=O) groups excluding carboxylic acids is 1. The van der Waals surface area contributed by atoms with Crippen LogP contribution in [-0.4, -0.2) is 37.5 Å². The standard InChI is InChI=1S/C15H25N3O.2ClH/c1-4-18(5-2)12-13-7-6-8-14(11-13)17-15(19)9-10-16-3;;/h6-8,11,16H,4-5,9-10,12H2,1-3H3,(H,17,19);2*1H. The first-order valence-corrected chi connectivity index (χ1v) is 6.95. The van der Waals surface area contributed by atoms with E-state index in [0.717, 1.165) is 25.3 Å². The zero-order valence-corrected chi connectivity index (χ0v) is 14.6. The van der Waals surface area contributed by atoms with Crippen LogP contribution < -0.4 is 10.6 Å². The Morgan fingerprint density at radius 1 is 1.19 bits per heavy atom. The lowest BCUT2D eigenvalue weighted by Gasteiger charge is -2.18. The summed E-state index contributed by atoms with van der Waals surface area (Å²) in [6, 6.07) is 8.08. The molecule has 0 saturated carbocycles. The van der Waals surface area contributed by atoms with Crippen LogP contribution in [0.2, 0.25) is 0 Å². The van der Waals surface area contributed by atoms with Gasteiger partial charge in [0.2, 0.25) is 5.91 Å². The molecule has 0 bridgehead atoms. The Bertz CT molecular complexity index is 398. The summed E-state index contributed by atoms with van der Waals surface area (Å²) in [5, 5.41) is 5.90. The maximum absolute atomic E-state index is 11.7. The summed E-state index contributed by atoms with van der Waals surface area (Å²) in [4.78, 5) is 14.0. The van der Waals surface area contributed by atoms with Gasteiger partial charge in [0.15, 0.2) is 0 Å². The average Bonchev–Trinajstić information content (AvgIpc) is 2.43. The largest absolute Gasteiger partial charge is 0.326 e. The third-order valence-corrected chi connectivity index (χ3v) is 3.11. The number of hydrogen-bond acceptors (Lipinski definition) is 3. The molecule has 1 aromatic rings. The normalized spacial score (nSPS) is 9.71. The molecular weight excluding hydrogens is 309 g/mol. The minimum atomic E-state index is 0. The number of anilines is 1. The molecule has 2 N–H and O–H groups in total. The van der Waals surface area contributed by atoms with E-state index in [4.69, 9.17) is 0 Å². The van der Waals surface area contributed by atoms with E-state index < -0.39 is 0 Å². The smallest absolute Gasteiger partial charge is 0.225 e. The molecule has 1 amide bonds. The quantitative estimate of drug-likeness (QED) is 0.767. The first-order chi connectivity index (χ1) is 9.19. The van der Waals surface area contributed by atoms with Crippen LogP contribution in [-0.2, 0) is 11.3 Å². The molecule has 0 spiro atoms. The topological polar surface area (TPSA) is 44.4 Å². The fourth-order valence-electron chi connectivity index (χ4n) is 1.91. The summed E-state index contributed by atoms with van der Waals surface area (Å²) in [5.41, 5.74) is 2.11. The lowest BCUT2D eigenvalue weighted by atomic mass is 10.2. The van der Waals surface area contributed by atoms with Gasteiger partial charge in [-0.05, 0) is 37.8 Å². The van der Waals surface area contributed by atoms with Crippen molar-refractivity contribution in [2.24, 2.45) is 0 Å². The van der Waals surface area contributed by atoms with Gasteiger partial charge in [-0.1, -0.05) is 26.0 Å². The predicted molar refractivity (Wildman–Crippen MR) is 94.7 cm³/mol. The van der Waals surface area contributed by atoms with Crippen molar-refractivity contribution in [3.8, 4) is 0 Å². The first kappa shape index (κ1) is 22.5. The van der Waals surface area contributed by atoms with E-state index in [1.165, 1.54) is 5.56 Å². The van der Waals surface area contributed by atoms with Crippen LogP contribution in [0.1, 0.15) is 25.8 Å². The van der Waals surface area contributed by atoms with Crippen LogP contribution >= 0.6 is 24.8 Å². The van der Waals surface area contributed by atoms with E-state index >= 15 is 0 Å². The summed E-state index contributed by atoms with van der Waals surface area (Å²) in [6.45, 7) is 8.02. The lowest BCUT2D eigenvalue weighted by molar-refractivity contribution is -0.116. The number of rotatable bonds is 8. The number of benzene rings is 1. The molecule has 0 saturated heterocycles. The molecule has 0 aliphatic heterocycles. The zero-order chi connectivity index (χ0) is 14.1. The van der Waals surface area contributed by atoms with Gasteiger partial charge >= 0.3 is 0 Å². The van der Waals surface area contributed by atoms with Gasteiger partial charge < -0.3 is 10.6 Å². The van der Waals surface area contributed by atoms with E-state index in [2.05, 4.69) is 41.5 Å². The van der Waals surface area contributed by atoms with E-state index in [9.17, 15) is 4.79 Å². The molecule has 0 heterocycles. The van der Waals surface area contributed by atoms with Gasteiger partial charge in [0.05, 0.1) is 0 Å². The monoisotopic (exact) mass is 335 g/mol. The first-order valence-electron chi connectivity index (χ1n) is 6.95. The maximum atomic E-state index is 11.7. The Morgan fingerprint density at radius 3 is 2.43 bits per heavy atom. The maximum Gasteiger partial charge on any atom is 0.225 e. The Kier molecular flexibility index (Phi) is 13.8. The second-order valence-electron chi connectivity index (χ2n) is 4.56. The van der Waals surface area contributed by atoms with E-state index in [-0.39, 0.29) is 30.7 Å². The van der Waals surface area contributed by atoms with Crippen molar-refractivity contribution >= 4 is 36.4 Å². The van der Waals surface area contributed by atoms with Gasteiger partial charge in [0.25, 0.3) is 0 Å². The van der Waals surface area contributed by atoms with Crippen molar-refractivity contribution in [2.75, 3.05) is 32.0 Å². The SMILES string of the molecule is CCN(CC)Cc1cccc(NC(=O)CCNC)c1.Cl.Cl. The molecule has 0 aliphatic carbocycles. The van der Waals surface area contributed by atoms with Gasteiger partial charge in [-0.2, -0.15) is 0 Å². The minimum absolute atomic E-state index is 0. The molecular formula is C15H27Cl2N3O. The number of amides is 1. The van der Waals surface area contributed by atoms with Crippen LogP contribution in [0.3, 0.4) is 0 Å². The van der Waals surface area contributed by atoms with Gasteiger partial charge in [-0.25, -0.2) is 0 Å². The lowest BCUT2D eigenvalue weighted by Crippen LogP contribution is -2.22. The van der Waals surface area contributed by atoms with Crippen molar-refractivity contribution in [3.05, 3.63) is 29.8 Å². The molecule has 6 heteroatoms. The zero-order valence-electron chi connectivity index (χ0n) is 13.0. The molecule has 0 aromatic heterocycles. The number of hydrogen-bond donors (Lipinski definition) is 2. The fraction of sp³-hybridized carbons (Fsp3) is 0.533. The van der Waals surface area contributed by atoms with Crippen molar-refractivity contribution in [2.45, 2.75) is 26.8 Å².